The predicted molar refractivity (Wildman–Crippen MR) is 105 cm³/mol. The van der Waals surface area contributed by atoms with E-state index in [1.54, 1.807) is 38.9 Å². The first-order valence-corrected chi connectivity index (χ1v) is 9.49. The lowest BCUT2D eigenvalue weighted by Crippen LogP contribution is -2.49. The third-order valence-electron chi connectivity index (χ3n) is 4.71. The van der Waals surface area contributed by atoms with Crippen LogP contribution in [0.1, 0.15) is 39.2 Å². The number of aromatic nitrogens is 2. The van der Waals surface area contributed by atoms with Crippen molar-refractivity contribution in [2.45, 2.75) is 51.4 Å². The molecule has 3 N–H and O–H groups in total. The third kappa shape index (κ3) is 4.68. The van der Waals surface area contributed by atoms with Crippen molar-refractivity contribution in [2.75, 3.05) is 30.4 Å². The number of hydrogen-bond acceptors (Lipinski definition) is 5. The minimum absolute atomic E-state index is 0.0730. The summed E-state index contributed by atoms with van der Waals surface area (Å²) in [5.74, 6) is 0. The fourth-order valence-electron chi connectivity index (χ4n) is 3.58. The molecule has 7 nitrogen and oxygen atoms in total. The van der Waals surface area contributed by atoms with Gasteiger partial charge in [-0.2, -0.15) is 13.2 Å². The van der Waals surface area contributed by atoms with Gasteiger partial charge in [-0.25, -0.2) is 9.78 Å². The average Bonchev–Trinajstić information content (AvgIpc) is 3.01. The van der Waals surface area contributed by atoms with Crippen molar-refractivity contribution in [1.29, 1.82) is 0 Å². The number of halogens is 3. The number of pyridine rings is 1. The highest BCUT2D eigenvalue weighted by Crippen LogP contribution is 2.43. The summed E-state index contributed by atoms with van der Waals surface area (Å²) in [6.45, 7) is 5.97. The van der Waals surface area contributed by atoms with E-state index < -0.39 is 23.4 Å². The summed E-state index contributed by atoms with van der Waals surface area (Å²) >= 11 is 0. The van der Waals surface area contributed by atoms with Crippen LogP contribution in [0.2, 0.25) is 0 Å². The Morgan fingerprint density at radius 3 is 2.69 bits per heavy atom. The van der Waals surface area contributed by atoms with Crippen molar-refractivity contribution in [3.05, 3.63) is 18.0 Å². The molecule has 0 radical (unpaired) electrons. The Bertz CT molecular complexity index is 888. The Morgan fingerprint density at radius 2 is 2.07 bits per heavy atom. The molecule has 2 aromatic heterocycles. The SMILES string of the molecule is CNc1c[nH]c2ncc(C(F)(F)F)c(N3CCC[C@@H](NC(=O)OC(C)(C)C)C3)c12. The largest absolute Gasteiger partial charge is 0.444 e. The van der Waals surface area contributed by atoms with E-state index >= 15 is 0 Å². The number of fused-ring (bicyclic) bond motifs is 1. The highest BCUT2D eigenvalue weighted by molar-refractivity contribution is 6.02. The summed E-state index contributed by atoms with van der Waals surface area (Å²) in [4.78, 5) is 20.6. The average molecular weight is 413 g/mol. The van der Waals surface area contributed by atoms with Crippen LogP contribution in [-0.2, 0) is 10.9 Å². The maximum atomic E-state index is 13.8. The molecule has 1 amide bonds. The number of carbonyl (C=O) groups is 1. The van der Waals surface area contributed by atoms with Crippen LogP contribution >= 0.6 is 0 Å². The van der Waals surface area contributed by atoms with Crippen LogP contribution in [0.4, 0.5) is 29.3 Å². The van der Waals surface area contributed by atoms with Gasteiger partial charge in [0.2, 0.25) is 0 Å². The number of amides is 1. The highest BCUT2D eigenvalue weighted by atomic mass is 19.4. The third-order valence-corrected chi connectivity index (χ3v) is 4.71. The van der Waals surface area contributed by atoms with Gasteiger partial charge >= 0.3 is 12.3 Å². The van der Waals surface area contributed by atoms with Gasteiger partial charge in [0.15, 0.2) is 0 Å². The molecular formula is C19H26F3N5O2. The molecule has 2 aromatic rings. The monoisotopic (exact) mass is 413 g/mol. The molecule has 0 spiro atoms. The molecular weight excluding hydrogens is 387 g/mol. The summed E-state index contributed by atoms with van der Waals surface area (Å²) in [5, 5.41) is 6.09. The maximum Gasteiger partial charge on any atom is 0.419 e. The molecule has 0 bridgehead atoms. The van der Waals surface area contributed by atoms with Crippen LogP contribution in [0.25, 0.3) is 11.0 Å². The number of nitrogens with zero attached hydrogens (tertiary/aromatic N) is 2. The number of nitrogens with one attached hydrogen (secondary N) is 3. The molecule has 1 saturated heterocycles. The standard InChI is InChI=1S/C19H26F3N5O2/c1-18(2,3)29-17(28)26-11-6-5-7-27(10-11)15-12(19(20,21)22)8-24-16-14(15)13(23-4)9-25-16/h8-9,11,23H,5-7,10H2,1-4H3,(H,24,25)(H,26,28)/t11-/m1/s1. The number of hydrogen-bond donors (Lipinski definition) is 3. The first kappa shape index (κ1) is 21.1. The topological polar surface area (TPSA) is 82.3 Å². The van der Waals surface area contributed by atoms with E-state index in [9.17, 15) is 18.0 Å². The van der Waals surface area contributed by atoms with E-state index in [0.29, 0.717) is 36.1 Å². The van der Waals surface area contributed by atoms with Gasteiger partial charge in [0.1, 0.15) is 11.2 Å². The Labute approximate surface area is 167 Å². The molecule has 3 rings (SSSR count). The van der Waals surface area contributed by atoms with Gasteiger partial charge in [-0.1, -0.05) is 0 Å². The highest BCUT2D eigenvalue weighted by Gasteiger charge is 2.38. The van der Waals surface area contributed by atoms with Crippen LogP contribution in [0, 0.1) is 0 Å². The Hall–Kier alpha value is -2.65. The molecule has 0 aliphatic carbocycles. The van der Waals surface area contributed by atoms with E-state index in [1.807, 2.05) is 0 Å². The number of alkyl carbamates (subject to hydrolysis) is 1. The van der Waals surface area contributed by atoms with Crippen LogP contribution in [0.15, 0.2) is 12.4 Å². The number of piperidine rings is 1. The van der Waals surface area contributed by atoms with Gasteiger partial charge in [0.25, 0.3) is 0 Å². The first-order valence-electron chi connectivity index (χ1n) is 9.49. The van der Waals surface area contributed by atoms with Crippen molar-refractivity contribution in [2.24, 2.45) is 0 Å². The number of ether oxygens (including phenoxy) is 1. The van der Waals surface area contributed by atoms with Gasteiger partial charge in [-0.3, -0.25) is 0 Å². The smallest absolute Gasteiger partial charge is 0.419 e. The normalized spacial score (nSPS) is 18.0. The minimum atomic E-state index is -4.55. The van der Waals surface area contributed by atoms with Crippen molar-refractivity contribution in [3.8, 4) is 0 Å². The first-order chi connectivity index (χ1) is 13.5. The predicted octanol–water partition coefficient (Wildman–Crippen LogP) is 4.12. The summed E-state index contributed by atoms with van der Waals surface area (Å²) in [7, 11) is 1.65. The number of rotatable bonds is 3. The number of H-pyrrole nitrogens is 1. The number of anilines is 2. The van der Waals surface area contributed by atoms with Crippen LogP contribution < -0.4 is 15.5 Å². The second-order valence-corrected chi connectivity index (χ2v) is 8.13. The quantitative estimate of drug-likeness (QED) is 0.705. The van der Waals surface area contributed by atoms with E-state index in [2.05, 4.69) is 20.6 Å². The van der Waals surface area contributed by atoms with Crippen LogP contribution in [0.3, 0.4) is 0 Å². The Balaban J connectivity index is 1.94. The Kier molecular flexibility index (Phi) is 5.55. The van der Waals surface area contributed by atoms with E-state index in [1.165, 1.54) is 0 Å². The van der Waals surface area contributed by atoms with Crippen molar-refractivity contribution in [3.63, 3.8) is 0 Å². The van der Waals surface area contributed by atoms with Crippen LogP contribution in [-0.4, -0.2) is 47.8 Å². The second kappa shape index (κ2) is 7.64. The summed E-state index contributed by atoms with van der Waals surface area (Å²) in [6.07, 6.45) is -1.36. The molecule has 1 aliphatic rings. The molecule has 10 heteroatoms. The van der Waals surface area contributed by atoms with Gasteiger partial charge < -0.3 is 25.3 Å². The lowest BCUT2D eigenvalue weighted by molar-refractivity contribution is -0.137. The van der Waals surface area contributed by atoms with Gasteiger partial charge in [0, 0.05) is 38.6 Å². The summed E-state index contributed by atoms with van der Waals surface area (Å²) in [6, 6.07) is -0.320. The molecule has 29 heavy (non-hydrogen) atoms. The molecule has 0 aromatic carbocycles. The van der Waals surface area contributed by atoms with E-state index in [0.717, 1.165) is 6.20 Å². The zero-order valence-corrected chi connectivity index (χ0v) is 16.9. The van der Waals surface area contributed by atoms with E-state index in [4.69, 9.17) is 4.74 Å². The lowest BCUT2D eigenvalue weighted by Gasteiger charge is -2.36. The van der Waals surface area contributed by atoms with E-state index in [-0.39, 0.29) is 18.3 Å². The fourth-order valence-corrected chi connectivity index (χ4v) is 3.58. The van der Waals surface area contributed by atoms with Crippen molar-refractivity contribution < 1.29 is 22.7 Å². The van der Waals surface area contributed by atoms with Gasteiger partial charge in [-0.05, 0) is 33.6 Å². The minimum Gasteiger partial charge on any atom is -0.444 e. The van der Waals surface area contributed by atoms with Gasteiger partial charge in [0.05, 0.1) is 22.3 Å². The Morgan fingerprint density at radius 1 is 1.34 bits per heavy atom. The summed E-state index contributed by atoms with van der Waals surface area (Å²) < 4.78 is 46.6. The molecule has 0 unspecified atom stereocenters. The number of carbonyl (C=O) groups excluding carboxylic acids is 1. The number of aromatic amines is 1. The fraction of sp³-hybridized carbons (Fsp3) is 0.579. The van der Waals surface area contributed by atoms with Crippen molar-refractivity contribution in [1.82, 2.24) is 15.3 Å². The van der Waals surface area contributed by atoms with Gasteiger partial charge in [-0.15, -0.1) is 0 Å². The lowest BCUT2D eigenvalue weighted by atomic mass is 10.0. The zero-order valence-electron chi connectivity index (χ0n) is 16.9. The van der Waals surface area contributed by atoms with Crippen molar-refractivity contribution >= 4 is 28.5 Å². The molecule has 160 valence electrons. The van der Waals surface area contributed by atoms with Crippen LogP contribution in [0.5, 0.6) is 0 Å². The molecule has 1 atom stereocenters. The summed E-state index contributed by atoms with van der Waals surface area (Å²) in [5.41, 5.74) is -0.454. The molecule has 0 saturated carbocycles. The maximum absolute atomic E-state index is 13.8. The molecule has 3 heterocycles. The molecule has 1 aliphatic heterocycles. The zero-order chi connectivity index (χ0) is 21.4. The molecule has 1 fully saturated rings. The number of alkyl halides is 3. The second-order valence-electron chi connectivity index (χ2n) is 8.13.